The molecule has 0 aliphatic carbocycles. The summed E-state index contributed by atoms with van der Waals surface area (Å²) in [7, 11) is 1.00. The Bertz CT molecular complexity index is 1640. The topological polar surface area (TPSA) is 99.2 Å². The van der Waals surface area contributed by atoms with Crippen molar-refractivity contribution < 1.29 is 24.2 Å². The monoisotopic (exact) mass is 613 g/mol. The third kappa shape index (κ3) is 7.64. The average Bonchev–Trinajstić information content (AvgIpc) is 3.22. The van der Waals surface area contributed by atoms with Crippen molar-refractivity contribution in [3.8, 4) is 11.1 Å². The first-order valence-corrected chi connectivity index (χ1v) is 14.6. The molecule has 0 saturated heterocycles. The van der Waals surface area contributed by atoms with Crippen molar-refractivity contribution in [2.75, 3.05) is 30.4 Å². The number of anilines is 2. The lowest BCUT2D eigenvalue weighted by atomic mass is 9.99. The summed E-state index contributed by atoms with van der Waals surface area (Å²) < 4.78 is 5.58. The Hall–Kier alpha value is -4.66. The Balaban J connectivity index is 0.00000216. The number of carbonyl (C=O) groups is 3. The number of nitrogens with one attached hydrogen (secondary N) is 1. The van der Waals surface area contributed by atoms with Crippen LogP contribution in [0.1, 0.15) is 47.1 Å². The van der Waals surface area contributed by atoms with Crippen LogP contribution in [0.2, 0.25) is 5.02 Å². The van der Waals surface area contributed by atoms with Gasteiger partial charge < -0.3 is 25.0 Å². The van der Waals surface area contributed by atoms with Gasteiger partial charge in [-0.2, -0.15) is 0 Å². The normalized spacial score (nSPS) is 12.7. The Morgan fingerprint density at radius 3 is 2.18 bits per heavy atom. The molecule has 0 radical (unpaired) electrons. The Kier molecular flexibility index (Phi) is 10.4. The number of rotatable bonds is 4. The molecule has 1 aliphatic rings. The van der Waals surface area contributed by atoms with Gasteiger partial charge >= 0.3 is 6.09 Å². The third-order valence-electron chi connectivity index (χ3n) is 6.85. The summed E-state index contributed by atoms with van der Waals surface area (Å²) in [5.41, 5.74) is 3.93. The lowest BCUT2D eigenvalue weighted by molar-refractivity contribution is 0.0242. The molecule has 44 heavy (non-hydrogen) atoms. The summed E-state index contributed by atoms with van der Waals surface area (Å²) in [5, 5.41) is 10.1. The van der Waals surface area contributed by atoms with Gasteiger partial charge in [-0.15, -0.1) is 0 Å². The molecule has 0 fully saturated rings. The van der Waals surface area contributed by atoms with Crippen molar-refractivity contribution in [2.45, 2.75) is 32.9 Å². The first kappa shape index (κ1) is 32.3. The van der Waals surface area contributed by atoms with Crippen LogP contribution in [0.5, 0.6) is 0 Å². The van der Waals surface area contributed by atoms with Gasteiger partial charge in [0.1, 0.15) is 5.60 Å². The van der Waals surface area contributed by atoms with Gasteiger partial charge in [0.05, 0.1) is 17.1 Å². The summed E-state index contributed by atoms with van der Waals surface area (Å²) >= 11 is 6.64. The van der Waals surface area contributed by atoms with Gasteiger partial charge in [0.25, 0.3) is 11.8 Å². The smallest absolute Gasteiger partial charge is 0.410 e. The zero-order valence-corrected chi connectivity index (χ0v) is 26.0. The largest absolute Gasteiger partial charge is 0.444 e. The maximum Gasteiger partial charge on any atom is 0.410 e. The molecule has 3 amide bonds. The molecule has 1 heterocycles. The van der Waals surface area contributed by atoms with Crippen LogP contribution in [0, 0.1) is 0 Å². The van der Waals surface area contributed by atoms with Crippen LogP contribution in [0.15, 0.2) is 97.1 Å². The number of fused-ring (bicyclic) bond motifs is 1. The molecule has 2 N–H and O–H groups in total. The zero-order chi connectivity index (χ0) is 31.9. The molecule has 0 bridgehead atoms. The number of nitrogens with zero attached hydrogens (tertiary/aromatic N) is 2. The molecular weight excluding hydrogens is 578 g/mol. The Morgan fingerprint density at radius 1 is 0.818 bits per heavy atom. The molecule has 228 valence electrons. The highest BCUT2D eigenvalue weighted by molar-refractivity contribution is 6.35. The van der Waals surface area contributed by atoms with E-state index in [2.05, 4.69) is 5.32 Å². The number of carbonyl (C=O) groups excluding carboxylic acids is 3. The summed E-state index contributed by atoms with van der Waals surface area (Å²) in [4.78, 5) is 43.2. The second-order valence-electron chi connectivity index (χ2n) is 11.0. The van der Waals surface area contributed by atoms with E-state index in [1.807, 2.05) is 93.6 Å². The van der Waals surface area contributed by atoms with Crippen LogP contribution < -0.4 is 10.2 Å². The molecule has 0 spiro atoms. The molecular formula is C35H36ClN3O5. The van der Waals surface area contributed by atoms with Crippen LogP contribution in [0.4, 0.5) is 16.2 Å². The van der Waals surface area contributed by atoms with Crippen molar-refractivity contribution in [1.82, 2.24) is 4.90 Å². The molecule has 4 aromatic rings. The summed E-state index contributed by atoms with van der Waals surface area (Å²) in [6.07, 6.45) is -0.432. The highest BCUT2D eigenvalue weighted by Crippen LogP contribution is 2.31. The van der Waals surface area contributed by atoms with E-state index in [4.69, 9.17) is 21.4 Å². The van der Waals surface area contributed by atoms with Crippen molar-refractivity contribution in [3.63, 3.8) is 0 Å². The molecule has 5 rings (SSSR count). The molecule has 9 heteroatoms. The quantitative estimate of drug-likeness (QED) is 0.252. The number of halogens is 1. The van der Waals surface area contributed by atoms with Crippen molar-refractivity contribution >= 4 is 40.9 Å². The number of hydrogen-bond donors (Lipinski definition) is 2. The maximum absolute atomic E-state index is 13.8. The van der Waals surface area contributed by atoms with E-state index in [1.165, 1.54) is 0 Å². The lowest BCUT2D eigenvalue weighted by Crippen LogP contribution is -2.40. The minimum atomic E-state index is -0.632. The van der Waals surface area contributed by atoms with Crippen LogP contribution in [-0.2, 0) is 11.3 Å². The van der Waals surface area contributed by atoms with Gasteiger partial charge in [0, 0.05) is 37.1 Å². The fourth-order valence-electron chi connectivity index (χ4n) is 4.89. The predicted octanol–water partition coefficient (Wildman–Crippen LogP) is 7.27. The van der Waals surface area contributed by atoms with E-state index in [9.17, 15) is 14.4 Å². The van der Waals surface area contributed by atoms with Crippen LogP contribution in [0.25, 0.3) is 11.1 Å². The summed E-state index contributed by atoms with van der Waals surface area (Å²) in [6.45, 7) is 6.34. The highest BCUT2D eigenvalue weighted by atomic mass is 35.5. The van der Waals surface area contributed by atoms with Gasteiger partial charge in [0.2, 0.25) is 0 Å². The van der Waals surface area contributed by atoms with Crippen molar-refractivity contribution in [2.24, 2.45) is 0 Å². The molecule has 0 unspecified atom stereocenters. The van der Waals surface area contributed by atoms with Crippen molar-refractivity contribution in [1.29, 1.82) is 0 Å². The van der Waals surface area contributed by atoms with Gasteiger partial charge in [-0.05, 0) is 67.8 Å². The number of amides is 3. The van der Waals surface area contributed by atoms with E-state index in [0.717, 1.165) is 23.8 Å². The van der Waals surface area contributed by atoms with Gasteiger partial charge in [-0.25, -0.2) is 4.79 Å². The highest BCUT2D eigenvalue weighted by Gasteiger charge is 2.30. The molecule has 4 aromatic carbocycles. The van der Waals surface area contributed by atoms with E-state index < -0.39 is 11.7 Å². The molecule has 0 aromatic heterocycles. The molecule has 0 saturated carbocycles. The zero-order valence-electron chi connectivity index (χ0n) is 25.2. The molecule has 1 aliphatic heterocycles. The Labute approximate surface area is 262 Å². The minimum Gasteiger partial charge on any atom is -0.444 e. The van der Waals surface area contributed by atoms with E-state index in [1.54, 1.807) is 34.1 Å². The van der Waals surface area contributed by atoms with Gasteiger partial charge in [0.15, 0.2) is 0 Å². The third-order valence-corrected chi connectivity index (χ3v) is 7.16. The number of benzene rings is 4. The second kappa shape index (κ2) is 14.2. The number of ether oxygens (including phenoxy) is 1. The second-order valence-corrected chi connectivity index (χ2v) is 11.5. The lowest BCUT2D eigenvalue weighted by Gasteiger charge is -2.26. The number of aliphatic hydroxyl groups is 1. The van der Waals surface area contributed by atoms with Crippen LogP contribution >= 0.6 is 11.6 Å². The van der Waals surface area contributed by atoms with Gasteiger partial charge in [-0.1, -0.05) is 78.3 Å². The standard InChI is InChI=1S/C34H32ClN3O4.CH4O/c1-34(2,3)42-33(41)37-19-20-38(30-16-10-7-13-24(30)22-37)32(40)28-18-17-25(21-29(28)35)36-31(39)27-15-9-8-14-26(27)23-11-5-4-6-12-23;1-2/h4-18,21H,19-20,22H2,1-3H3,(H,36,39);2H,1H3. The first-order chi connectivity index (χ1) is 21.1. The number of para-hydroxylation sites is 1. The van der Waals surface area contributed by atoms with E-state index in [-0.39, 0.29) is 23.4 Å². The van der Waals surface area contributed by atoms with Crippen LogP contribution in [0.3, 0.4) is 0 Å². The predicted molar refractivity (Wildman–Crippen MR) is 174 cm³/mol. The van der Waals surface area contributed by atoms with E-state index >= 15 is 0 Å². The fourth-order valence-corrected chi connectivity index (χ4v) is 5.15. The summed E-state index contributed by atoms with van der Waals surface area (Å²) in [6, 6.07) is 29.4. The molecule has 8 nitrogen and oxygen atoms in total. The van der Waals surface area contributed by atoms with Gasteiger partial charge in [-0.3, -0.25) is 9.59 Å². The number of aliphatic hydroxyl groups excluding tert-OH is 1. The average molecular weight is 614 g/mol. The van der Waals surface area contributed by atoms with E-state index in [0.29, 0.717) is 35.6 Å². The minimum absolute atomic E-state index is 0.208. The van der Waals surface area contributed by atoms with Crippen molar-refractivity contribution in [3.05, 3.63) is 119 Å². The Morgan fingerprint density at radius 2 is 1.48 bits per heavy atom. The number of hydrogen-bond acceptors (Lipinski definition) is 5. The fraction of sp³-hybridized carbons (Fsp3) is 0.229. The molecule has 0 atom stereocenters. The van der Waals surface area contributed by atoms with Crippen LogP contribution in [-0.4, -0.2) is 53.7 Å². The summed E-state index contributed by atoms with van der Waals surface area (Å²) in [5.74, 6) is -0.584. The first-order valence-electron chi connectivity index (χ1n) is 14.2. The maximum atomic E-state index is 13.8. The SMILES string of the molecule is CC(C)(C)OC(=O)N1CCN(C(=O)c2ccc(NC(=O)c3ccccc3-c3ccccc3)cc2Cl)c2ccccc2C1.CO.